The van der Waals surface area contributed by atoms with Gasteiger partial charge in [0, 0.05) is 24.3 Å². The number of nitrogens with zero attached hydrogens (tertiary/aromatic N) is 1. The lowest BCUT2D eigenvalue weighted by atomic mass is 10.0. The predicted molar refractivity (Wildman–Crippen MR) is 64.6 cm³/mol. The fourth-order valence-corrected chi connectivity index (χ4v) is 1.74. The number of carboxylic acids is 1. The Morgan fingerprint density at radius 1 is 1.38 bits per heavy atom. The minimum absolute atomic E-state index is 0.665. The molecule has 0 aliphatic heterocycles. The molecule has 88 valence electrons. The molecule has 16 heavy (non-hydrogen) atoms. The predicted octanol–water partition coefficient (Wildman–Crippen LogP) is 1.62. The maximum atomic E-state index is 10.9. The van der Waals surface area contributed by atoms with Crippen LogP contribution in [0.3, 0.4) is 0 Å². The number of carboxylic acid groups (broad SMARTS) is 1. The summed E-state index contributed by atoms with van der Waals surface area (Å²) in [4.78, 5) is 13.0. The van der Waals surface area contributed by atoms with Crippen LogP contribution in [-0.4, -0.2) is 24.2 Å². The molecule has 0 saturated carbocycles. The van der Waals surface area contributed by atoms with Gasteiger partial charge in [0.1, 0.15) is 6.04 Å². The summed E-state index contributed by atoms with van der Waals surface area (Å²) in [5.41, 5.74) is 7.23. The quantitative estimate of drug-likeness (QED) is 0.794. The second-order valence-electron chi connectivity index (χ2n) is 3.55. The van der Waals surface area contributed by atoms with Crippen molar-refractivity contribution in [3.8, 4) is 0 Å². The molecule has 0 bridgehead atoms. The normalized spacial score (nSPS) is 12.2. The first-order chi connectivity index (χ1) is 7.61. The second-order valence-corrected chi connectivity index (χ2v) is 3.55. The van der Waals surface area contributed by atoms with E-state index in [1.807, 2.05) is 32.0 Å². The lowest BCUT2D eigenvalue weighted by Gasteiger charge is -2.25. The first kappa shape index (κ1) is 12.5. The summed E-state index contributed by atoms with van der Waals surface area (Å²) in [6.07, 6.45) is 0. The van der Waals surface area contributed by atoms with Crippen LogP contribution in [0.2, 0.25) is 0 Å². The average molecular weight is 222 g/mol. The van der Waals surface area contributed by atoms with E-state index in [9.17, 15) is 4.79 Å². The van der Waals surface area contributed by atoms with Gasteiger partial charge in [0.05, 0.1) is 0 Å². The van der Waals surface area contributed by atoms with Crippen LogP contribution < -0.4 is 10.6 Å². The van der Waals surface area contributed by atoms with Crippen molar-refractivity contribution in [1.82, 2.24) is 0 Å². The van der Waals surface area contributed by atoms with Crippen LogP contribution in [0.5, 0.6) is 0 Å². The molecule has 0 fully saturated rings. The highest BCUT2D eigenvalue weighted by molar-refractivity contribution is 5.78. The van der Waals surface area contributed by atoms with Gasteiger partial charge in [0.25, 0.3) is 0 Å². The summed E-state index contributed by atoms with van der Waals surface area (Å²) in [6.45, 7) is 5.73. The molecule has 4 heteroatoms. The first-order valence-electron chi connectivity index (χ1n) is 5.44. The van der Waals surface area contributed by atoms with Crippen molar-refractivity contribution in [2.45, 2.75) is 19.9 Å². The molecule has 1 rings (SSSR count). The van der Waals surface area contributed by atoms with Crippen molar-refractivity contribution in [3.63, 3.8) is 0 Å². The van der Waals surface area contributed by atoms with E-state index in [1.54, 1.807) is 6.07 Å². The van der Waals surface area contributed by atoms with Crippen LogP contribution in [0, 0.1) is 0 Å². The summed E-state index contributed by atoms with van der Waals surface area (Å²) in [7, 11) is 0. The van der Waals surface area contributed by atoms with Crippen LogP contribution >= 0.6 is 0 Å². The number of carbonyl (C=O) groups is 1. The average Bonchev–Trinajstić information content (AvgIpc) is 2.30. The molecule has 3 N–H and O–H groups in total. The Bertz CT molecular complexity index is 362. The van der Waals surface area contributed by atoms with Crippen LogP contribution in [0.25, 0.3) is 0 Å². The Kier molecular flexibility index (Phi) is 4.31. The molecule has 1 aromatic rings. The van der Waals surface area contributed by atoms with Crippen molar-refractivity contribution in [2.24, 2.45) is 5.73 Å². The maximum Gasteiger partial charge on any atom is 0.325 e. The molecule has 0 aromatic heterocycles. The third-order valence-electron chi connectivity index (χ3n) is 2.64. The fraction of sp³-hybridized carbons (Fsp3) is 0.417. The minimum atomic E-state index is -1.00. The molecule has 1 aromatic carbocycles. The van der Waals surface area contributed by atoms with E-state index in [0.717, 1.165) is 18.8 Å². The van der Waals surface area contributed by atoms with E-state index >= 15 is 0 Å². The molecule has 4 nitrogen and oxygen atoms in total. The van der Waals surface area contributed by atoms with Gasteiger partial charge in [-0.1, -0.05) is 18.2 Å². The Balaban J connectivity index is 3.13. The highest BCUT2D eigenvalue weighted by Crippen LogP contribution is 2.25. The molecule has 0 spiro atoms. The Labute approximate surface area is 95.7 Å². The molecule has 0 radical (unpaired) electrons. The van der Waals surface area contributed by atoms with Gasteiger partial charge in [-0.25, -0.2) is 0 Å². The zero-order valence-electron chi connectivity index (χ0n) is 9.68. The molecular weight excluding hydrogens is 204 g/mol. The van der Waals surface area contributed by atoms with E-state index in [0.29, 0.717) is 5.56 Å². The van der Waals surface area contributed by atoms with E-state index in [4.69, 9.17) is 10.8 Å². The molecule has 0 saturated heterocycles. The lowest BCUT2D eigenvalue weighted by Crippen LogP contribution is -2.27. The van der Waals surface area contributed by atoms with Crippen LogP contribution in [0.4, 0.5) is 5.69 Å². The van der Waals surface area contributed by atoms with Gasteiger partial charge in [0.15, 0.2) is 0 Å². The summed E-state index contributed by atoms with van der Waals surface area (Å²) in [6, 6.07) is 6.42. The van der Waals surface area contributed by atoms with Gasteiger partial charge in [-0.3, -0.25) is 4.79 Å². The van der Waals surface area contributed by atoms with Gasteiger partial charge >= 0.3 is 5.97 Å². The molecular formula is C12H18N2O2. The second kappa shape index (κ2) is 5.51. The maximum absolute atomic E-state index is 10.9. The van der Waals surface area contributed by atoms with Crippen LogP contribution in [0.1, 0.15) is 25.5 Å². The largest absolute Gasteiger partial charge is 0.480 e. The Morgan fingerprint density at radius 3 is 2.44 bits per heavy atom. The topological polar surface area (TPSA) is 66.6 Å². The van der Waals surface area contributed by atoms with Crippen molar-refractivity contribution >= 4 is 11.7 Å². The van der Waals surface area contributed by atoms with E-state index in [-0.39, 0.29) is 0 Å². The zero-order valence-corrected chi connectivity index (χ0v) is 9.68. The standard InChI is InChI=1S/C12H18N2O2/c1-3-14(4-2)10-8-6-5-7-9(10)11(13)12(15)16/h5-8,11H,3-4,13H2,1-2H3,(H,15,16). The molecule has 1 atom stereocenters. The number of hydrogen-bond acceptors (Lipinski definition) is 3. The van der Waals surface area contributed by atoms with E-state index < -0.39 is 12.0 Å². The van der Waals surface area contributed by atoms with Gasteiger partial charge in [-0.05, 0) is 19.9 Å². The number of para-hydroxylation sites is 1. The van der Waals surface area contributed by atoms with Crippen molar-refractivity contribution in [1.29, 1.82) is 0 Å². The molecule has 0 amide bonds. The molecule has 0 heterocycles. The van der Waals surface area contributed by atoms with Gasteiger partial charge < -0.3 is 15.7 Å². The van der Waals surface area contributed by atoms with Gasteiger partial charge in [-0.2, -0.15) is 0 Å². The minimum Gasteiger partial charge on any atom is -0.480 e. The number of benzene rings is 1. The van der Waals surface area contributed by atoms with Crippen molar-refractivity contribution in [3.05, 3.63) is 29.8 Å². The lowest BCUT2D eigenvalue weighted by molar-refractivity contribution is -0.138. The van der Waals surface area contributed by atoms with Gasteiger partial charge in [0.2, 0.25) is 0 Å². The fourth-order valence-electron chi connectivity index (χ4n) is 1.74. The van der Waals surface area contributed by atoms with Crippen molar-refractivity contribution in [2.75, 3.05) is 18.0 Å². The number of anilines is 1. The zero-order chi connectivity index (χ0) is 12.1. The highest BCUT2D eigenvalue weighted by Gasteiger charge is 2.19. The third kappa shape index (κ3) is 2.52. The molecule has 1 unspecified atom stereocenters. The SMILES string of the molecule is CCN(CC)c1ccccc1C(N)C(=O)O. The summed E-state index contributed by atoms with van der Waals surface area (Å²) >= 11 is 0. The third-order valence-corrected chi connectivity index (χ3v) is 2.64. The first-order valence-corrected chi connectivity index (χ1v) is 5.44. The summed E-state index contributed by atoms with van der Waals surface area (Å²) in [5, 5.41) is 8.94. The van der Waals surface area contributed by atoms with Crippen LogP contribution in [0.15, 0.2) is 24.3 Å². The van der Waals surface area contributed by atoms with E-state index in [1.165, 1.54) is 0 Å². The number of rotatable bonds is 5. The number of aliphatic carboxylic acids is 1. The van der Waals surface area contributed by atoms with Gasteiger partial charge in [-0.15, -0.1) is 0 Å². The monoisotopic (exact) mass is 222 g/mol. The van der Waals surface area contributed by atoms with E-state index in [2.05, 4.69) is 4.90 Å². The molecule has 0 aliphatic rings. The Hall–Kier alpha value is -1.55. The smallest absolute Gasteiger partial charge is 0.325 e. The Morgan fingerprint density at radius 2 is 1.94 bits per heavy atom. The highest BCUT2D eigenvalue weighted by atomic mass is 16.4. The van der Waals surface area contributed by atoms with Crippen LogP contribution in [-0.2, 0) is 4.79 Å². The summed E-state index contributed by atoms with van der Waals surface area (Å²) < 4.78 is 0. The molecule has 0 aliphatic carbocycles. The number of nitrogens with two attached hydrogens (primary N) is 1. The number of hydrogen-bond donors (Lipinski definition) is 2. The van der Waals surface area contributed by atoms with Crippen molar-refractivity contribution < 1.29 is 9.90 Å². The summed E-state index contributed by atoms with van der Waals surface area (Å²) in [5.74, 6) is -1.00.